The van der Waals surface area contributed by atoms with Gasteiger partial charge in [0, 0.05) is 25.2 Å². The molecule has 0 bridgehead atoms. The third-order valence-electron chi connectivity index (χ3n) is 2.82. The molecule has 2 N–H and O–H groups in total. The van der Waals surface area contributed by atoms with Crippen molar-refractivity contribution in [3.05, 3.63) is 35.9 Å². The van der Waals surface area contributed by atoms with E-state index in [1.807, 2.05) is 6.07 Å². The van der Waals surface area contributed by atoms with Crippen LogP contribution >= 0.6 is 0 Å². The number of nitrogens with zero attached hydrogens (tertiary/aromatic N) is 1. The number of nitrogens with two attached hydrogens (primary N) is 1. The van der Waals surface area contributed by atoms with Crippen molar-refractivity contribution in [1.29, 1.82) is 0 Å². The van der Waals surface area contributed by atoms with Gasteiger partial charge < -0.3 is 10.5 Å². The Kier molecular flexibility index (Phi) is 3.59. The van der Waals surface area contributed by atoms with Crippen molar-refractivity contribution in [1.82, 2.24) is 4.90 Å². The van der Waals surface area contributed by atoms with Gasteiger partial charge >= 0.3 is 0 Å². The molecule has 1 aromatic rings. The maximum atomic E-state index is 6.16. The molecule has 0 saturated carbocycles. The zero-order chi connectivity index (χ0) is 11.4. The lowest BCUT2D eigenvalue weighted by Crippen LogP contribution is -2.49. The fourth-order valence-electron chi connectivity index (χ4n) is 2.11. The largest absolute Gasteiger partial charge is 0.378 e. The zero-order valence-electron chi connectivity index (χ0n) is 9.86. The van der Waals surface area contributed by atoms with Gasteiger partial charge in [0.1, 0.15) is 0 Å². The van der Waals surface area contributed by atoms with Gasteiger partial charge in [-0.3, -0.25) is 4.90 Å². The Hall–Kier alpha value is -0.900. The first-order chi connectivity index (χ1) is 7.66. The molecule has 1 aliphatic heterocycles. The van der Waals surface area contributed by atoms with Crippen LogP contribution in [0.1, 0.15) is 12.5 Å². The van der Waals surface area contributed by atoms with Gasteiger partial charge in [-0.25, -0.2) is 0 Å². The molecule has 1 aromatic carbocycles. The third-order valence-corrected chi connectivity index (χ3v) is 2.82. The molecule has 0 amide bonds. The lowest BCUT2D eigenvalue weighted by Gasteiger charge is -2.28. The van der Waals surface area contributed by atoms with E-state index in [0.29, 0.717) is 6.61 Å². The van der Waals surface area contributed by atoms with Crippen LogP contribution < -0.4 is 5.73 Å². The predicted octanol–water partition coefficient (Wildman–Crippen LogP) is 1.24. The molecular formula is C13H20N2O. The van der Waals surface area contributed by atoms with E-state index in [1.165, 1.54) is 5.56 Å². The van der Waals surface area contributed by atoms with Gasteiger partial charge in [-0.2, -0.15) is 0 Å². The standard InChI is InChI=1S/C13H20N2O/c1-13(14)10-15(7-8-16-11-13)9-12-5-3-2-4-6-12/h2-6H,7-11,14H2,1H3. The Balaban J connectivity index is 1.98. The average molecular weight is 220 g/mol. The van der Waals surface area contributed by atoms with E-state index >= 15 is 0 Å². The fraction of sp³-hybridized carbons (Fsp3) is 0.538. The highest BCUT2D eigenvalue weighted by Crippen LogP contribution is 2.12. The second-order valence-corrected chi connectivity index (χ2v) is 4.90. The van der Waals surface area contributed by atoms with Gasteiger partial charge in [-0.1, -0.05) is 30.3 Å². The molecule has 3 nitrogen and oxygen atoms in total. The molecule has 1 saturated heterocycles. The molecule has 2 rings (SSSR count). The molecule has 1 atom stereocenters. The number of benzene rings is 1. The van der Waals surface area contributed by atoms with E-state index in [-0.39, 0.29) is 5.54 Å². The second-order valence-electron chi connectivity index (χ2n) is 4.90. The Morgan fingerprint density at radius 1 is 1.38 bits per heavy atom. The molecule has 0 aromatic heterocycles. The van der Waals surface area contributed by atoms with Crippen molar-refractivity contribution in [2.45, 2.75) is 19.0 Å². The molecular weight excluding hydrogens is 200 g/mol. The van der Waals surface area contributed by atoms with Gasteiger partial charge in [-0.15, -0.1) is 0 Å². The Bertz CT molecular complexity index is 324. The Labute approximate surface area is 97.2 Å². The van der Waals surface area contributed by atoms with Gasteiger partial charge in [0.15, 0.2) is 0 Å². The molecule has 0 radical (unpaired) electrons. The molecule has 0 spiro atoms. The van der Waals surface area contributed by atoms with Crippen molar-refractivity contribution in [2.75, 3.05) is 26.3 Å². The summed E-state index contributed by atoms with van der Waals surface area (Å²) in [6.45, 7) is 6.29. The normalized spacial score (nSPS) is 27.6. The summed E-state index contributed by atoms with van der Waals surface area (Å²) in [7, 11) is 0. The van der Waals surface area contributed by atoms with Crippen LogP contribution in [-0.4, -0.2) is 36.7 Å². The molecule has 1 fully saturated rings. The summed E-state index contributed by atoms with van der Waals surface area (Å²) >= 11 is 0. The van der Waals surface area contributed by atoms with Crippen molar-refractivity contribution in [2.24, 2.45) is 5.73 Å². The summed E-state index contributed by atoms with van der Waals surface area (Å²) < 4.78 is 5.51. The minimum atomic E-state index is -0.231. The van der Waals surface area contributed by atoms with Crippen LogP contribution in [0.3, 0.4) is 0 Å². The van der Waals surface area contributed by atoms with E-state index in [1.54, 1.807) is 0 Å². The molecule has 0 aliphatic carbocycles. The highest BCUT2D eigenvalue weighted by atomic mass is 16.5. The van der Waals surface area contributed by atoms with Crippen LogP contribution in [0.15, 0.2) is 30.3 Å². The molecule has 3 heteroatoms. The summed E-state index contributed by atoms with van der Waals surface area (Å²) in [5.74, 6) is 0. The van der Waals surface area contributed by atoms with Crippen LogP contribution in [0.4, 0.5) is 0 Å². The monoisotopic (exact) mass is 220 g/mol. The second kappa shape index (κ2) is 4.95. The number of ether oxygens (including phenoxy) is 1. The summed E-state index contributed by atoms with van der Waals surface area (Å²) in [6, 6.07) is 10.5. The van der Waals surface area contributed by atoms with Gasteiger partial charge in [0.25, 0.3) is 0 Å². The lowest BCUT2D eigenvalue weighted by atomic mass is 10.0. The summed E-state index contributed by atoms with van der Waals surface area (Å²) in [6.07, 6.45) is 0. The number of hydrogen-bond donors (Lipinski definition) is 1. The minimum Gasteiger partial charge on any atom is -0.378 e. The van der Waals surface area contributed by atoms with Crippen LogP contribution in [0.5, 0.6) is 0 Å². The van der Waals surface area contributed by atoms with Crippen molar-refractivity contribution >= 4 is 0 Å². The van der Waals surface area contributed by atoms with Crippen LogP contribution in [0, 0.1) is 0 Å². The maximum Gasteiger partial charge on any atom is 0.0656 e. The minimum absolute atomic E-state index is 0.231. The van der Waals surface area contributed by atoms with Gasteiger partial charge in [0.05, 0.1) is 13.2 Å². The average Bonchev–Trinajstić information content (AvgIpc) is 2.40. The van der Waals surface area contributed by atoms with Crippen molar-refractivity contribution < 1.29 is 4.74 Å². The topological polar surface area (TPSA) is 38.5 Å². The number of hydrogen-bond acceptors (Lipinski definition) is 3. The fourth-order valence-corrected chi connectivity index (χ4v) is 2.11. The van der Waals surface area contributed by atoms with E-state index < -0.39 is 0 Å². The first-order valence-electron chi connectivity index (χ1n) is 5.79. The summed E-state index contributed by atoms with van der Waals surface area (Å²) in [5, 5.41) is 0. The zero-order valence-corrected chi connectivity index (χ0v) is 9.86. The van der Waals surface area contributed by atoms with Gasteiger partial charge in [-0.05, 0) is 12.5 Å². The SMILES string of the molecule is CC1(N)COCCN(Cc2ccccc2)C1. The molecule has 16 heavy (non-hydrogen) atoms. The van der Waals surface area contributed by atoms with Crippen LogP contribution in [-0.2, 0) is 11.3 Å². The first kappa shape index (κ1) is 11.6. The van der Waals surface area contributed by atoms with E-state index in [4.69, 9.17) is 10.5 Å². The van der Waals surface area contributed by atoms with Crippen molar-refractivity contribution in [3.8, 4) is 0 Å². The smallest absolute Gasteiger partial charge is 0.0656 e. The van der Waals surface area contributed by atoms with Crippen LogP contribution in [0.25, 0.3) is 0 Å². The van der Waals surface area contributed by atoms with Crippen LogP contribution in [0.2, 0.25) is 0 Å². The van der Waals surface area contributed by atoms with Crippen molar-refractivity contribution in [3.63, 3.8) is 0 Å². The Morgan fingerprint density at radius 2 is 2.12 bits per heavy atom. The highest BCUT2D eigenvalue weighted by Gasteiger charge is 2.25. The van der Waals surface area contributed by atoms with E-state index in [9.17, 15) is 0 Å². The predicted molar refractivity (Wildman–Crippen MR) is 65.1 cm³/mol. The maximum absolute atomic E-state index is 6.16. The molecule has 1 heterocycles. The summed E-state index contributed by atoms with van der Waals surface area (Å²) in [4.78, 5) is 2.36. The lowest BCUT2D eigenvalue weighted by molar-refractivity contribution is 0.115. The molecule has 88 valence electrons. The third kappa shape index (κ3) is 3.30. The first-order valence-corrected chi connectivity index (χ1v) is 5.79. The Morgan fingerprint density at radius 3 is 2.88 bits per heavy atom. The van der Waals surface area contributed by atoms with E-state index in [0.717, 1.165) is 26.2 Å². The molecule has 1 unspecified atom stereocenters. The quantitative estimate of drug-likeness (QED) is 0.815. The van der Waals surface area contributed by atoms with Gasteiger partial charge in [0.2, 0.25) is 0 Å². The van der Waals surface area contributed by atoms with E-state index in [2.05, 4.69) is 36.1 Å². The molecule has 1 aliphatic rings. The highest BCUT2D eigenvalue weighted by molar-refractivity contribution is 5.14. The number of rotatable bonds is 2. The summed E-state index contributed by atoms with van der Waals surface area (Å²) in [5.41, 5.74) is 7.26.